The highest BCUT2D eigenvalue weighted by Crippen LogP contribution is 2.28. The lowest BCUT2D eigenvalue weighted by Gasteiger charge is -2.18. The first kappa shape index (κ1) is 17.5. The van der Waals surface area contributed by atoms with E-state index in [1.54, 1.807) is 0 Å². The fourth-order valence-corrected chi connectivity index (χ4v) is 5.15. The molecular weight excluding hydrogens is 430 g/mol. The lowest BCUT2D eigenvalue weighted by Crippen LogP contribution is -2.33. The van der Waals surface area contributed by atoms with Crippen LogP contribution in [0.3, 0.4) is 0 Å². The minimum absolute atomic E-state index is 0.507. The third-order valence-corrected chi connectivity index (χ3v) is 6.94. The van der Waals surface area contributed by atoms with Gasteiger partial charge in [0.25, 0.3) is 0 Å². The van der Waals surface area contributed by atoms with E-state index < -0.39 is 0 Å². The highest BCUT2D eigenvalue weighted by molar-refractivity contribution is 9.10. The van der Waals surface area contributed by atoms with Crippen LogP contribution in [0.2, 0.25) is 0 Å². The molecule has 2 rings (SSSR count). The van der Waals surface area contributed by atoms with Crippen molar-refractivity contribution < 1.29 is 0 Å². The van der Waals surface area contributed by atoms with E-state index >= 15 is 0 Å². The maximum atomic E-state index is 3.67. The molecule has 114 valence electrons. The second-order valence-electron chi connectivity index (χ2n) is 4.83. The Morgan fingerprint density at radius 2 is 2.10 bits per heavy atom. The van der Waals surface area contributed by atoms with Crippen molar-refractivity contribution in [1.29, 1.82) is 0 Å². The molecule has 0 saturated carbocycles. The number of hydrogen-bond acceptors (Lipinski definition) is 3. The van der Waals surface area contributed by atoms with Crippen molar-refractivity contribution in [3.05, 3.63) is 49.5 Å². The first-order valence-corrected chi connectivity index (χ1v) is 10.5. The van der Waals surface area contributed by atoms with E-state index in [9.17, 15) is 0 Å². The normalized spacial score (nSPS) is 12.5. The fraction of sp³-hybridized carbons (Fsp3) is 0.375. The smallest absolute Gasteiger partial charge is 0.0311 e. The Morgan fingerprint density at radius 1 is 1.29 bits per heavy atom. The minimum Gasteiger partial charge on any atom is -0.313 e. The first-order chi connectivity index (χ1) is 10.2. The van der Waals surface area contributed by atoms with E-state index in [1.165, 1.54) is 25.1 Å². The van der Waals surface area contributed by atoms with Crippen LogP contribution < -0.4 is 5.32 Å². The third-order valence-electron chi connectivity index (χ3n) is 3.03. The molecule has 0 saturated heterocycles. The quantitative estimate of drug-likeness (QED) is 0.498. The predicted octanol–water partition coefficient (Wildman–Crippen LogP) is 5.98. The Kier molecular flexibility index (Phi) is 7.82. The van der Waals surface area contributed by atoms with E-state index in [2.05, 4.69) is 79.8 Å². The van der Waals surface area contributed by atoms with Crippen molar-refractivity contribution in [2.24, 2.45) is 0 Å². The molecule has 0 aliphatic carbocycles. The van der Waals surface area contributed by atoms with Crippen LogP contribution in [0.1, 0.15) is 18.2 Å². The molecule has 0 spiro atoms. The summed E-state index contributed by atoms with van der Waals surface area (Å²) in [6.45, 7) is 3.29. The van der Waals surface area contributed by atoms with Crippen LogP contribution >= 0.6 is 55.0 Å². The molecule has 1 N–H and O–H groups in total. The van der Waals surface area contributed by atoms with Gasteiger partial charge in [-0.2, -0.15) is 0 Å². The van der Waals surface area contributed by atoms with Crippen LogP contribution in [0.15, 0.2) is 49.6 Å². The third kappa shape index (κ3) is 6.06. The molecule has 2 aromatic rings. The molecule has 1 aromatic heterocycles. The number of hydrogen-bond donors (Lipinski definition) is 1. The maximum absolute atomic E-state index is 3.67. The number of benzene rings is 1. The molecule has 0 amide bonds. The van der Waals surface area contributed by atoms with Gasteiger partial charge in [-0.3, -0.25) is 0 Å². The van der Waals surface area contributed by atoms with Crippen LogP contribution in [0.25, 0.3) is 0 Å². The number of halogens is 2. The van der Waals surface area contributed by atoms with Crippen molar-refractivity contribution in [3.63, 3.8) is 0 Å². The zero-order valence-electron chi connectivity index (χ0n) is 11.9. The zero-order chi connectivity index (χ0) is 15.1. The molecule has 0 radical (unpaired) electrons. The van der Waals surface area contributed by atoms with Crippen molar-refractivity contribution >= 4 is 55.0 Å². The molecule has 5 heteroatoms. The minimum atomic E-state index is 0.507. The maximum Gasteiger partial charge on any atom is 0.0311 e. The number of thiophene rings is 1. The van der Waals surface area contributed by atoms with Gasteiger partial charge in [0.15, 0.2) is 0 Å². The Bertz CT molecular complexity index is 557. The predicted molar refractivity (Wildman–Crippen MR) is 103 cm³/mol. The Labute approximate surface area is 152 Å². The van der Waals surface area contributed by atoms with Gasteiger partial charge in [-0.05, 0) is 69.4 Å². The molecule has 1 unspecified atom stereocenters. The molecule has 1 atom stereocenters. The zero-order valence-corrected chi connectivity index (χ0v) is 16.7. The van der Waals surface area contributed by atoms with Gasteiger partial charge in [-0.1, -0.05) is 19.1 Å². The summed E-state index contributed by atoms with van der Waals surface area (Å²) in [6.07, 6.45) is 2.26. The summed E-state index contributed by atoms with van der Waals surface area (Å²) in [4.78, 5) is 2.75. The van der Waals surface area contributed by atoms with E-state index in [0.717, 1.165) is 18.7 Å². The summed E-state index contributed by atoms with van der Waals surface area (Å²) >= 11 is 10.9. The molecular formula is C16H19Br2NS2. The van der Waals surface area contributed by atoms with Crippen LogP contribution in [0.4, 0.5) is 0 Å². The van der Waals surface area contributed by atoms with Gasteiger partial charge in [0.1, 0.15) is 0 Å². The number of thioether (sulfide) groups is 1. The molecule has 0 bridgehead atoms. The van der Waals surface area contributed by atoms with Crippen LogP contribution in [0.5, 0.6) is 0 Å². The van der Waals surface area contributed by atoms with Crippen molar-refractivity contribution in [2.75, 3.05) is 12.3 Å². The average molecular weight is 449 g/mol. The van der Waals surface area contributed by atoms with Gasteiger partial charge >= 0.3 is 0 Å². The largest absolute Gasteiger partial charge is 0.313 e. The van der Waals surface area contributed by atoms with Crippen molar-refractivity contribution in [3.8, 4) is 0 Å². The molecule has 0 fully saturated rings. The fourth-order valence-electron chi connectivity index (χ4n) is 1.99. The molecule has 1 nitrogen and oxygen atoms in total. The summed E-state index contributed by atoms with van der Waals surface area (Å²) in [5.41, 5.74) is 0. The molecule has 21 heavy (non-hydrogen) atoms. The van der Waals surface area contributed by atoms with Crippen LogP contribution in [-0.4, -0.2) is 18.3 Å². The van der Waals surface area contributed by atoms with Gasteiger partial charge < -0.3 is 5.32 Å². The van der Waals surface area contributed by atoms with Gasteiger partial charge in [0, 0.05) is 35.9 Å². The van der Waals surface area contributed by atoms with Crippen LogP contribution in [0, 0.1) is 0 Å². The number of rotatable bonds is 8. The summed E-state index contributed by atoms with van der Waals surface area (Å²) < 4.78 is 2.37. The summed E-state index contributed by atoms with van der Waals surface area (Å²) in [6, 6.07) is 11.2. The average Bonchev–Trinajstić information content (AvgIpc) is 2.88. The lowest BCUT2D eigenvalue weighted by atomic mass is 10.2. The standard InChI is InChI=1S/C16H19Br2NS2/c1-2-7-19-13(9-14-8-12(17)10-20-14)11-21-16-6-4-3-5-15(16)18/h3-6,8,10,13,19H,2,7,9,11H2,1H3. The Hall–Kier alpha value is 0.190. The Balaban J connectivity index is 1.94. The SMILES string of the molecule is CCCNC(CSc1ccccc1Br)Cc1cc(Br)cs1. The molecule has 0 aliphatic rings. The van der Waals surface area contributed by atoms with Gasteiger partial charge in [0.05, 0.1) is 0 Å². The lowest BCUT2D eigenvalue weighted by molar-refractivity contribution is 0.553. The molecule has 0 aliphatic heterocycles. The molecule has 1 aromatic carbocycles. The van der Waals surface area contributed by atoms with E-state index in [0.29, 0.717) is 6.04 Å². The Morgan fingerprint density at radius 3 is 2.76 bits per heavy atom. The van der Waals surface area contributed by atoms with E-state index in [4.69, 9.17) is 0 Å². The van der Waals surface area contributed by atoms with Crippen molar-refractivity contribution in [2.45, 2.75) is 30.7 Å². The topological polar surface area (TPSA) is 12.0 Å². The van der Waals surface area contributed by atoms with Crippen molar-refractivity contribution in [1.82, 2.24) is 5.32 Å². The highest BCUT2D eigenvalue weighted by Gasteiger charge is 2.12. The first-order valence-electron chi connectivity index (χ1n) is 7.02. The molecule has 1 heterocycles. The van der Waals surface area contributed by atoms with E-state index in [-0.39, 0.29) is 0 Å². The summed E-state index contributed by atoms with van der Waals surface area (Å²) in [5.74, 6) is 1.08. The summed E-state index contributed by atoms with van der Waals surface area (Å²) in [7, 11) is 0. The van der Waals surface area contributed by atoms with Gasteiger partial charge in [-0.15, -0.1) is 23.1 Å². The van der Waals surface area contributed by atoms with Gasteiger partial charge in [0.2, 0.25) is 0 Å². The van der Waals surface area contributed by atoms with Gasteiger partial charge in [-0.25, -0.2) is 0 Å². The second kappa shape index (κ2) is 9.36. The highest BCUT2D eigenvalue weighted by atomic mass is 79.9. The van der Waals surface area contributed by atoms with E-state index in [1.807, 2.05) is 23.1 Å². The van der Waals surface area contributed by atoms with Crippen LogP contribution in [-0.2, 0) is 6.42 Å². The monoisotopic (exact) mass is 447 g/mol. The number of nitrogens with one attached hydrogen (secondary N) is 1. The summed E-state index contributed by atoms with van der Waals surface area (Å²) in [5, 5.41) is 5.83. The second-order valence-corrected chi connectivity index (χ2v) is 8.66.